The van der Waals surface area contributed by atoms with E-state index in [0.717, 1.165) is 25.9 Å². The zero-order valence-corrected chi connectivity index (χ0v) is 11.2. The van der Waals surface area contributed by atoms with E-state index in [1.165, 1.54) is 7.05 Å². The molecule has 5 nitrogen and oxygen atoms in total. The second kappa shape index (κ2) is 5.69. The van der Waals surface area contributed by atoms with Gasteiger partial charge in [-0.25, -0.2) is 13.1 Å². The highest BCUT2D eigenvalue weighted by atomic mass is 32.2. The van der Waals surface area contributed by atoms with Crippen molar-refractivity contribution in [3.05, 3.63) is 24.3 Å². The van der Waals surface area contributed by atoms with Crippen LogP contribution in [0.2, 0.25) is 0 Å². The molecular formula is C12H18N2O3S. The second-order valence-electron chi connectivity index (χ2n) is 4.27. The normalized spacial score (nSPS) is 20.6. The summed E-state index contributed by atoms with van der Waals surface area (Å²) < 4.78 is 31.1. The van der Waals surface area contributed by atoms with Crippen LogP contribution in [-0.2, 0) is 10.0 Å². The van der Waals surface area contributed by atoms with Crippen molar-refractivity contribution < 1.29 is 13.2 Å². The topological polar surface area (TPSA) is 67.4 Å². The van der Waals surface area contributed by atoms with Crippen LogP contribution >= 0.6 is 0 Å². The molecule has 1 saturated heterocycles. The minimum absolute atomic E-state index is 0.172. The minimum atomic E-state index is -3.37. The molecule has 6 heteroatoms. The molecule has 0 spiro atoms. The summed E-state index contributed by atoms with van der Waals surface area (Å²) in [5.41, 5.74) is 0. The van der Waals surface area contributed by atoms with Gasteiger partial charge in [-0.3, -0.25) is 0 Å². The van der Waals surface area contributed by atoms with Crippen molar-refractivity contribution in [3.8, 4) is 5.75 Å². The molecule has 1 aliphatic rings. The number of rotatable bonds is 4. The Bertz CT molecular complexity index is 479. The largest absolute Gasteiger partial charge is 0.489 e. The molecule has 0 bridgehead atoms. The van der Waals surface area contributed by atoms with Gasteiger partial charge in [0, 0.05) is 6.54 Å². The molecule has 1 aromatic carbocycles. The SMILES string of the molecule is CNS(=O)(=O)c1ccc(O[C@H]2CCCNC2)cc1. The molecule has 1 aromatic rings. The van der Waals surface area contributed by atoms with Gasteiger partial charge in [0.05, 0.1) is 4.90 Å². The van der Waals surface area contributed by atoms with Gasteiger partial charge in [-0.1, -0.05) is 0 Å². The van der Waals surface area contributed by atoms with E-state index in [2.05, 4.69) is 10.0 Å². The van der Waals surface area contributed by atoms with Crippen LogP contribution < -0.4 is 14.8 Å². The van der Waals surface area contributed by atoms with Gasteiger partial charge in [-0.2, -0.15) is 0 Å². The molecule has 0 aliphatic carbocycles. The zero-order valence-electron chi connectivity index (χ0n) is 10.3. The Morgan fingerprint density at radius 1 is 1.33 bits per heavy atom. The summed E-state index contributed by atoms with van der Waals surface area (Å²) in [6.07, 6.45) is 2.31. The summed E-state index contributed by atoms with van der Waals surface area (Å²) in [5.74, 6) is 0.707. The van der Waals surface area contributed by atoms with E-state index in [1.807, 2.05) is 0 Å². The summed E-state index contributed by atoms with van der Waals surface area (Å²) in [6, 6.07) is 6.49. The molecule has 1 fully saturated rings. The fourth-order valence-electron chi connectivity index (χ4n) is 1.93. The van der Waals surface area contributed by atoms with Crippen molar-refractivity contribution in [1.29, 1.82) is 0 Å². The molecule has 2 rings (SSSR count). The first-order chi connectivity index (χ1) is 8.62. The molecule has 0 radical (unpaired) electrons. The summed E-state index contributed by atoms with van der Waals surface area (Å²) in [6.45, 7) is 1.88. The lowest BCUT2D eigenvalue weighted by molar-refractivity contribution is 0.167. The lowest BCUT2D eigenvalue weighted by Crippen LogP contribution is -2.37. The average Bonchev–Trinajstić information content (AvgIpc) is 2.40. The number of benzene rings is 1. The molecule has 2 N–H and O–H groups in total. The quantitative estimate of drug-likeness (QED) is 0.846. The first-order valence-corrected chi connectivity index (χ1v) is 7.51. The van der Waals surface area contributed by atoms with Crippen molar-refractivity contribution in [2.24, 2.45) is 0 Å². The van der Waals surface area contributed by atoms with Gasteiger partial charge in [0.2, 0.25) is 10.0 Å². The molecular weight excluding hydrogens is 252 g/mol. The number of ether oxygens (including phenoxy) is 1. The predicted octanol–water partition coefficient (Wildman–Crippen LogP) is 0.725. The van der Waals surface area contributed by atoms with Gasteiger partial charge in [0.25, 0.3) is 0 Å². The molecule has 100 valence electrons. The standard InChI is InChI=1S/C12H18N2O3S/c1-13-18(15,16)12-6-4-10(5-7-12)17-11-3-2-8-14-9-11/h4-7,11,13-14H,2-3,8-9H2,1H3/t11-/m0/s1. The molecule has 0 aromatic heterocycles. The van der Waals surface area contributed by atoms with E-state index < -0.39 is 10.0 Å². The molecule has 1 aliphatic heterocycles. The molecule has 0 amide bonds. The molecule has 1 atom stereocenters. The van der Waals surface area contributed by atoms with Gasteiger partial charge in [-0.15, -0.1) is 0 Å². The van der Waals surface area contributed by atoms with E-state index in [1.54, 1.807) is 24.3 Å². The van der Waals surface area contributed by atoms with Gasteiger partial charge in [-0.05, 0) is 50.7 Å². The lowest BCUT2D eigenvalue weighted by atomic mass is 10.1. The fourth-order valence-corrected chi connectivity index (χ4v) is 2.66. The Labute approximate surface area is 108 Å². The third kappa shape index (κ3) is 3.22. The summed E-state index contributed by atoms with van der Waals surface area (Å²) in [4.78, 5) is 0.249. The third-order valence-corrected chi connectivity index (χ3v) is 4.39. The van der Waals surface area contributed by atoms with Gasteiger partial charge < -0.3 is 10.1 Å². The first-order valence-electron chi connectivity index (χ1n) is 6.03. The summed E-state index contributed by atoms with van der Waals surface area (Å²) in [5, 5.41) is 3.27. The second-order valence-corrected chi connectivity index (χ2v) is 6.15. The number of hydrogen-bond acceptors (Lipinski definition) is 4. The Hall–Kier alpha value is -1.11. The first kappa shape index (κ1) is 13.3. The Kier molecular flexibility index (Phi) is 4.21. The van der Waals surface area contributed by atoms with Crippen LogP contribution in [0.3, 0.4) is 0 Å². The summed E-state index contributed by atoms with van der Waals surface area (Å²) >= 11 is 0. The van der Waals surface area contributed by atoms with Crippen molar-refractivity contribution >= 4 is 10.0 Å². The maximum Gasteiger partial charge on any atom is 0.240 e. The highest BCUT2D eigenvalue weighted by molar-refractivity contribution is 7.89. The van der Waals surface area contributed by atoms with E-state index in [9.17, 15) is 8.42 Å². The van der Waals surface area contributed by atoms with Gasteiger partial charge >= 0.3 is 0 Å². The van der Waals surface area contributed by atoms with Crippen LogP contribution in [0.15, 0.2) is 29.2 Å². The van der Waals surface area contributed by atoms with Crippen molar-refractivity contribution in [1.82, 2.24) is 10.0 Å². The smallest absolute Gasteiger partial charge is 0.240 e. The number of piperidine rings is 1. The lowest BCUT2D eigenvalue weighted by Gasteiger charge is -2.23. The van der Waals surface area contributed by atoms with Crippen molar-refractivity contribution in [2.45, 2.75) is 23.8 Å². The van der Waals surface area contributed by atoms with E-state index in [4.69, 9.17) is 4.74 Å². The zero-order chi connectivity index (χ0) is 13.0. The number of sulfonamides is 1. The Balaban J connectivity index is 2.03. The van der Waals surface area contributed by atoms with E-state index in [0.29, 0.717) is 5.75 Å². The maximum absolute atomic E-state index is 11.5. The van der Waals surface area contributed by atoms with Gasteiger partial charge in [0.15, 0.2) is 0 Å². The Morgan fingerprint density at radius 2 is 2.06 bits per heavy atom. The van der Waals surface area contributed by atoms with E-state index in [-0.39, 0.29) is 11.0 Å². The van der Waals surface area contributed by atoms with Crippen LogP contribution in [0.1, 0.15) is 12.8 Å². The monoisotopic (exact) mass is 270 g/mol. The predicted molar refractivity (Wildman–Crippen MR) is 69.2 cm³/mol. The van der Waals surface area contributed by atoms with Crippen LogP contribution in [-0.4, -0.2) is 34.7 Å². The molecule has 0 saturated carbocycles. The highest BCUT2D eigenvalue weighted by Crippen LogP contribution is 2.18. The van der Waals surface area contributed by atoms with Gasteiger partial charge in [0.1, 0.15) is 11.9 Å². The van der Waals surface area contributed by atoms with Crippen molar-refractivity contribution in [3.63, 3.8) is 0 Å². The Morgan fingerprint density at radius 3 is 2.61 bits per heavy atom. The number of hydrogen-bond donors (Lipinski definition) is 2. The number of nitrogens with one attached hydrogen (secondary N) is 2. The molecule has 0 unspecified atom stereocenters. The minimum Gasteiger partial charge on any atom is -0.489 e. The molecule has 1 heterocycles. The average molecular weight is 270 g/mol. The third-order valence-electron chi connectivity index (χ3n) is 2.96. The highest BCUT2D eigenvalue weighted by Gasteiger charge is 2.15. The van der Waals surface area contributed by atoms with Crippen LogP contribution in [0.5, 0.6) is 5.75 Å². The van der Waals surface area contributed by atoms with Crippen LogP contribution in [0.25, 0.3) is 0 Å². The summed E-state index contributed by atoms with van der Waals surface area (Å²) in [7, 11) is -1.97. The molecule has 18 heavy (non-hydrogen) atoms. The fraction of sp³-hybridized carbons (Fsp3) is 0.500. The maximum atomic E-state index is 11.5. The van der Waals surface area contributed by atoms with Crippen LogP contribution in [0.4, 0.5) is 0 Å². The van der Waals surface area contributed by atoms with Crippen molar-refractivity contribution in [2.75, 3.05) is 20.1 Å². The van der Waals surface area contributed by atoms with Crippen LogP contribution in [0, 0.1) is 0 Å². The van der Waals surface area contributed by atoms with E-state index >= 15 is 0 Å².